The molecule has 0 saturated carbocycles. The van der Waals surface area contributed by atoms with E-state index in [0.29, 0.717) is 34.8 Å². The van der Waals surface area contributed by atoms with Crippen LogP contribution >= 0.6 is 15.9 Å². The van der Waals surface area contributed by atoms with Gasteiger partial charge in [-0.05, 0) is 55.3 Å². The summed E-state index contributed by atoms with van der Waals surface area (Å²) < 4.78 is 13.2. The van der Waals surface area contributed by atoms with Crippen molar-refractivity contribution < 1.29 is 9.47 Å². The van der Waals surface area contributed by atoms with Gasteiger partial charge in [-0.3, -0.25) is 4.79 Å². The molecule has 3 rings (SSSR count). The van der Waals surface area contributed by atoms with Gasteiger partial charge in [-0.15, -0.1) is 0 Å². The first-order valence-electron chi connectivity index (χ1n) is 9.55. The Bertz CT molecular complexity index is 1110. The molecular weight excluding hydrogens is 434 g/mol. The van der Waals surface area contributed by atoms with Gasteiger partial charge in [-0.25, -0.2) is 4.98 Å². The van der Waals surface area contributed by atoms with E-state index in [1.54, 1.807) is 19.4 Å². The zero-order valence-electron chi connectivity index (χ0n) is 17.0. The summed E-state index contributed by atoms with van der Waals surface area (Å²) >= 11 is 3.42. The fraction of sp³-hybridized carbons (Fsp3) is 0.318. The summed E-state index contributed by atoms with van der Waals surface area (Å²) in [6.45, 7) is 6.54. The molecule has 0 unspecified atom stereocenters. The van der Waals surface area contributed by atoms with Gasteiger partial charge in [0.15, 0.2) is 11.5 Å². The van der Waals surface area contributed by atoms with Crippen molar-refractivity contribution in [1.29, 1.82) is 0 Å². The number of aromatic nitrogens is 2. The molecule has 7 heteroatoms. The summed E-state index contributed by atoms with van der Waals surface area (Å²) in [5, 5.41) is 5.01. The number of fused-ring (bicyclic) bond motifs is 1. The Hall–Kier alpha value is -2.67. The van der Waals surface area contributed by atoms with Crippen molar-refractivity contribution >= 4 is 33.0 Å². The molecule has 1 heterocycles. The molecule has 0 amide bonds. The SMILES string of the molecule is CCOc1cc(C=Nn2c([C@@H](C)CC)nc3ccc(Br)cc3c2=O)ccc1OC. The highest BCUT2D eigenvalue weighted by atomic mass is 79.9. The summed E-state index contributed by atoms with van der Waals surface area (Å²) in [5.74, 6) is 2.01. The Morgan fingerprint density at radius 3 is 2.69 bits per heavy atom. The maximum absolute atomic E-state index is 13.2. The van der Waals surface area contributed by atoms with Crippen molar-refractivity contribution in [3.05, 3.63) is 62.6 Å². The largest absolute Gasteiger partial charge is 0.493 e. The van der Waals surface area contributed by atoms with Crippen LogP contribution in [0.5, 0.6) is 11.5 Å². The highest BCUT2D eigenvalue weighted by Gasteiger charge is 2.15. The van der Waals surface area contributed by atoms with Crippen LogP contribution in [0.4, 0.5) is 0 Å². The van der Waals surface area contributed by atoms with Gasteiger partial charge < -0.3 is 9.47 Å². The minimum Gasteiger partial charge on any atom is -0.493 e. The zero-order valence-corrected chi connectivity index (χ0v) is 18.6. The maximum atomic E-state index is 13.2. The number of methoxy groups -OCH3 is 1. The van der Waals surface area contributed by atoms with Crippen LogP contribution in [0.15, 0.2) is 50.8 Å². The van der Waals surface area contributed by atoms with Gasteiger partial charge in [-0.2, -0.15) is 9.78 Å². The lowest BCUT2D eigenvalue weighted by Crippen LogP contribution is -2.23. The van der Waals surface area contributed by atoms with Crippen molar-refractivity contribution in [1.82, 2.24) is 9.66 Å². The van der Waals surface area contributed by atoms with E-state index in [2.05, 4.69) is 28.0 Å². The number of benzene rings is 2. The fourth-order valence-electron chi connectivity index (χ4n) is 2.95. The summed E-state index contributed by atoms with van der Waals surface area (Å²) in [4.78, 5) is 17.9. The van der Waals surface area contributed by atoms with Crippen LogP contribution < -0.4 is 15.0 Å². The lowest BCUT2D eigenvalue weighted by molar-refractivity contribution is 0.311. The number of halogens is 1. The van der Waals surface area contributed by atoms with Gasteiger partial charge in [-0.1, -0.05) is 29.8 Å². The first-order chi connectivity index (χ1) is 14.0. The summed E-state index contributed by atoms with van der Waals surface area (Å²) in [7, 11) is 1.60. The third-order valence-electron chi connectivity index (χ3n) is 4.70. The second-order valence-corrected chi connectivity index (χ2v) is 7.56. The molecule has 0 aliphatic carbocycles. The molecule has 0 aliphatic rings. The minimum atomic E-state index is -0.193. The van der Waals surface area contributed by atoms with Crippen molar-refractivity contribution in [2.75, 3.05) is 13.7 Å². The van der Waals surface area contributed by atoms with Crippen LogP contribution in [0.1, 0.15) is 44.5 Å². The quantitative estimate of drug-likeness (QED) is 0.470. The maximum Gasteiger partial charge on any atom is 0.282 e. The predicted octanol–water partition coefficient (Wildman–Crippen LogP) is 4.96. The second kappa shape index (κ2) is 9.22. The molecule has 3 aromatic rings. The van der Waals surface area contributed by atoms with E-state index in [9.17, 15) is 4.79 Å². The summed E-state index contributed by atoms with van der Waals surface area (Å²) in [5.41, 5.74) is 1.27. The molecule has 1 atom stereocenters. The minimum absolute atomic E-state index is 0.0859. The molecule has 0 radical (unpaired) electrons. The zero-order chi connectivity index (χ0) is 21.0. The number of hydrogen-bond donors (Lipinski definition) is 0. The van der Waals surface area contributed by atoms with E-state index >= 15 is 0 Å². The Morgan fingerprint density at radius 1 is 1.21 bits per heavy atom. The third-order valence-corrected chi connectivity index (χ3v) is 5.19. The second-order valence-electron chi connectivity index (χ2n) is 6.65. The molecule has 29 heavy (non-hydrogen) atoms. The average Bonchev–Trinajstić information content (AvgIpc) is 2.73. The van der Waals surface area contributed by atoms with Gasteiger partial charge in [0.25, 0.3) is 5.56 Å². The fourth-order valence-corrected chi connectivity index (χ4v) is 3.31. The highest BCUT2D eigenvalue weighted by Crippen LogP contribution is 2.27. The van der Waals surface area contributed by atoms with Gasteiger partial charge in [0, 0.05) is 10.4 Å². The smallest absolute Gasteiger partial charge is 0.282 e. The van der Waals surface area contributed by atoms with Crippen molar-refractivity contribution in [3.8, 4) is 11.5 Å². The van der Waals surface area contributed by atoms with E-state index in [0.717, 1.165) is 16.5 Å². The molecule has 1 aromatic heterocycles. The first kappa shape index (κ1) is 21.0. The molecule has 0 spiro atoms. The van der Waals surface area contributed by atoms with Crippen LogP contribution in [-0.4, -0.2) is 29.6 Å². The van der Waals surface area contributed by atoms with Crippen LogP contribution in [0.25, 0.3) is 10.9 Å². The van der Waals surface area contributed by atoms with Crippen molar-refractivity contribution in [3.63, 3.8) is 0 Å². The summed E-state index contributed by atoms with van der Waals surface area (Å²) in [6.07, 6.45) is 2.49. The van der Waals surface area contributed by atoms with Gasteiger partial charge in [0.2, 0.25) is 0 Å². The molecule has 6 nitrogen and oxygen atoms in total. The predicted molar refractivity (Wildman–Crippen MR) is 120 cm³/mol. The highest BCUT2D eigenvalue weighted by molar-refractivity contribution is 9.10. The van der Waals surface area contributed by atoms with Crippen LogP contribution in [0.3, 0.4) is 0 Å². The first-order valence-corrected chi connectivity index (χ1v) is 10.3. The lowest BCUT2D eigenvalue weighted by Gasteiger charge is -2.14. The third kappa shape index (κ3) is 4.50. The van der Waals surface area contributed by atoms with E-state index in [1.165, 1.54) is 4.68 Å². The van der Waals surface area contributed by atoms with Crippen LogP contribution in [0.2, 0.25) is 0 Å². The molecule has 0 aliphatic heterocycles. The van der Waals surface area contributed by atoms with E-state index < -0.39 is 0 Å². The molecule has 2 aromatic carbocycles. The van der Waals surface area contributed by atoms with Gasteiger partial charge in [0.05, 0.1) is 30.8 Å². The Morgan fingerprint density at radius 2 is 2.00 bits per heavy atom. The average molecular weight is 458 g/mol. The molecule has 0 N–H and O–H groups in total. The molecule has 152 valence electrons. The standard InChI is InChI=1S/C22H24BrN3O3/c1-5-14(3)21-25-18-9-8-16(23)12-17(18)22(27)26(21)24-13-15-7-10-19(28-4)20(11-15)29-6-2/h7-14H,5-6H2,1-4H3/t14-/m0/s1. The van der Waals surface area contributed by atoms with E-state index in [-0.39, 0.29) is 11.5 Å². The Labute approximate surface area is 178 Å². The number of rotatable bonds is 7. The molecule has 0 saturated heterocycles. The molecule has 0 fully saturated rings. The normalized spacial score (nSPS) is 12.4. The monoisotopic (exact) mass is 457 g/mol. The van der Waals surface area contributed by atoms with Crippen LogP contribution in [0, 0.1) is 0 Å². The van der Waals surface area contributed by atoms with E-state index in [1.807, 2.05) is 44.2 Å². The van der Waals surface area contributed by atoms with Crippen molar-refractivity contribution in [2.24, 2.45) is 5.10 Å². The number of ether oxygens (including phenoxy) is 2. The topological polar surface area (TPSA) is 65.7 Å². The van der Waals surface area contributed by atoms with Gasteiger partial charge in [0.1, 0.15) is 5.82 Å². The molecular formula is C22H24BrN3O3. The van der Waals surface area contributed by atoms with E-state index in [4.69, 9.17) is 14.5 Å². The van der Waals surface area contributed by atoms with Crippen molar-refractivity contribution in [2.45, 2.75) is 33.1 Å². The number of hydrogen-bond acceptors (Lipinski definition) is 5. The Kier molecular flexibility index (Phi) is 6.69. The molecule has 0 bridgehead atoms. The van der Waals surface area contributed by atoms with Gasteiger partial charge >= 0.3 is 0 Å². The Balaban J connectivity index is 2.12. The van der Waals surface area contributed by atoms with Crippen LogP contribution in [-0.2, 0) is 0 Å². The lowest BCUT2D eigenvalue weighted by atomic mass is 10.1. The summed E-state index contributed by atoms with van der Waals surface area (Å²) in [6, 6.07) is 11.0. The number of nitrogens with zero attached hydrogens (tertiary/aromatic N) is 3.